The Morgan fingerprint density at radius 1 is 1.28 bits per heavy atom. The van der Waals surface area contributed by atoms with Crippen LogP contribution in [0.25, 0.3) is 0 Å². The van der Waals surface area contributed by atoms with Gasteiger partial charge in [-0.25, -0.2) is 14.8 Å². The standard InChI is InChI=1S/C17H21N5O3/c1-24-16-14(3-2-5-19-16)21-17(23)20-12-13-4-6-18-15(11-13)22-7-9-25-10-8-22/h2-6,11H,7-10,12H2,1H3,(H2,20,21,23). The average molecular weight is 343 g/mol. The molecular formula is C17H21N5O3. The molecule has 2 amide bonds. The van der Waals surface area contributed by atoms with Gasteiger partial charge >= 0.3 is 6.03 Å². The Kier molecular flexibility index (Phi) is 5.63. The fourth-order valence-corrected chi connectivity index (χ4v) is 2.53. The number of methoxy groups -OCH3 is 1. The van der Waals surface area contributed by atoms with Crippen LogP contribution in [0.2, 0.25) is 0 Å². The van der Waals surface area contributed by atoms with Crippen molar-refractivity contribution in [3.63, 3.8) is 0 Å². The lowest BCUT2D eigenvalue weighted by Crippen LogP contribution is -2.36. The minimum Gasteiger partial charge on any atom is -0.480 e. The topological polar surface area (TPSA) is 88.6 Å². The summed E-state index contributed by atoms with van der Waals surface area (Å²) in [4.78, 5) is 22.7. The summed E-state index contributed by atoms with van der Waals surface area (Å²) in [6.07, 6.45) is 3.36. The number of nitrogens with zero attached hydrogens (tertiary/aromatic N) is 3. The molecule has 2 aromatic heterocycles. The number of carbonyl (C=O) groups excluding carboxylic acids is 1. The zero-order valence-electron chi connectivity index (χ0n) is 14.1. The minimum absolute atomic E-state index is 0.323. The smallest absolute Gasteiger partial charge is 0.319 e. The van der Waals surface area contributed by atoms with Crippen molar-refractivity contribution in [2.24, 2.45) is 0 Å². The monoisotopic (exact) mass is 343 g/mol. The molecule has 8 heteroatoms. The van der Waals surface area contributed by atoms with E-state index in [1.165, 1.54) is 7.11 Å². The van der Waals surface area contributed by atoms with E-state index in [9.17, 15) is 4.79 Å². The van der Waals surface area contributed by atoms with Gasteiger partial charge in [-0.1, -0.05) is 0 Å². The van der Waals surface area contributed by atoms with E-state index >= 15 is 0 Å². The number of carbonyl (C=O) groups is 1. The quantitative estimate of drug-likeness (QED) is 0.858. The highest BCUT2D eigenvalue weighted by atomic mass is 16.5. The van der Waals surface area contributed by atoms with Gasteiger partial charge < -0.3 is 25.0 Å². The lowest BCUT2D eigenvalue weighted by molar-refractivity contribution is 0.122. The Labute approximate surface area is 146 Å². The first-order valence-corrected chi connectivity index (χ1v) is 8.08. The molecule has 0 spiro atoms. The Balaban J connectivity index is 1.57. The first-order valence-electron chi connectivity index (χ1n) is 8.08. The molecule has 2 N–H and O–H groups in total. The molecule has 2 aromatic rings. The van der Waals surface area contributed by atoms with Gasteiger partial charge in [-0.2, -0.15) is 0 Å². The molecule has 0 unspecified atom stereocenters. The predicted molar refractivity (Wildman–Crippen MR) is 93.9 cm³/mol. The van der Waals surface area contributed by atoms with Crippen LogP contribution in [0.15, 0.2) is 36.7 Å². The third-order valence-corrected chi connectivity index (χ3v) is 3.81. The highest BCUT2D eigenvalue weighted by Gasteiger charge is 2.13. The van der Waals surface area contributed by atoms with Crippen LogP contribution < -0.4 is 20.3 Å². The van der Waals surface area contributed by atoms with Gasteiger partial charge in [0.05, 0.1) is 20.3 Å². The van der Waals surface area contributed by atoms with Crippen molar-refractivity contribution in [1.29, 1.82) is 0 Å². The van der Waals surface area contributed by atoms with Gasteiger partial charge in [0.1, 0.15) is 11.5 Å². The maximum Gasteiger partial charge on any atom is 0.319 e. The minimum atomic E-state index is -0.323. The summed E-state index contributed by atoms with van der Waals surface area (Å²) < 4.78 is 10.5. The van der Waals surface area contributed by atoms with E-state index in [0.717, 1.165) is 24.5 Å². The number of anilines is 2. The number of hydrogen-bond donors (Lipinski definition) is 2. The van der Waals surface area contributed by atoms with Crippen molar-refractivity contribution in [2.75, 3.05) is 43.6 Å². The molecule has 25 heavy (non-hydrogen) atoms. The normalized spacial score (nSPS) is 14.0. The van der Waals surface area contributed by atoms with Crippen LogP contribution in [0, 0.1) is 0 Å². The van der Waals surface area contributed by atoms with Crippen LogP contribution in [-0.4, -0.2) is 49.4 Å². The highest BCUT2D eigenvalue weighted by Crippen LogP contribution is 2.19. The summed E-state index contributed by atoms with van der Waals surface area (Å²) in [6.45, 7) is 3.46. The number of rotatable bonds is 5. The van der Waals surface area contributed by atoms with Gasteiger partial charge in [-0.3, -0.25) is 0 Å². The molecule has 0 aliphatic carbocycles. The van der Waals surface area contributed by atoms with Crippen molar-refractivity contribution in [3.05, 3.63) is 42.2 Å². The Hall–Kier alpha value is -2.87. The third kappa shape index (κ3) is 4.57. The Morgan fingerprint density at radius 3 is 2.92 bits per heavy atom. The Bertz CT molecular complexity index is 719. The first-order chi connectivity index (χ1) is 12.3. The Morgan fingerprint density at radius 2 is 2.12 bits per heavy atom. The number of nitrogens with one attached hydrogen (secondary N) is 2. The van der Waals surface area contributed by atoms with E-state index in [4.69, 9.17) is 9.47 Å². The van der Waals surface area contributed by atoms with E-state index in [2.05, 4.69) is 25.5 Å². The van der Waals surface area contributed by atoms with Gasteiger partial charge in [-0.15, -0.1) is 0 Å². The summed E-state index contributed by atoms with van der Waals surface area (Å²) in [5, 5.41) is 5.55. The van der Waals surface area contributed by atoms with Crippen LogP contribution >= 0.6 is 0 Å². The maximum absolute atomic E-state index is 12.1. The first kappa shape index (κ1) is 17.0. The molecule has 1 aliphatic rings. The van der Waals surface area contributed by atoms with Crippen molar-refractivity contribution in [3.8, 4) is 5.88 Å². The molecule has 1 aliphatic heterocycles. The fourth-order valence-electron chi connectivity index (χ4n) is 2.53. The average Bonchev–Trinajstić information content (AvgIpc) is 2.68. The second-order valence-corrected chi connectivity index (χ2v) is 5.49. The molecule has 3 heterocycles. The zero-order valence-corrected chi connectivity index (χ0v) is 14.1. The summed E-state index contributed by atoms with van der Waals surface area (Å²) in [6, 6.07) is 7.01. The molecule has 0 aromatic carbocycles. The van der Waals surface area contributed by atoms with Gasteiger partial charge in [0.15, 0.2) is 0 Å². The fraction of sp³-hybridized carbons (Fsp3) is 0.353. The second kappa shape index (κ2) is 8.29. The highest BCUT2D eigenvalue weighted by molar-refractivity contribution is 5.90. The number of aromatic nitrogens is 2. The third-order valence-electron chi connectivity index (χ3n) is 3.81. The molecule has 8 nitrogen and oxygen atoms in total. The number of pyridine rings is 2. The van der Waals surface area contributed by atoms with Crippen molar-refractivity contribution in [1.82, 2.24) is 15.3 Å². The van der Waals surface area contributed by atoms with E-state index < -0.39 is 0 Å². The summed E-state index contributed by atoms with van der Waals surface area (Å²) >= 11 is 0. The molecule has 1 fully saturated rings. The van der Waals surface area contributed by atoms with Crippen molar-refractivity contribution >= 4 is 17.5 Å². The number of ether oxygens (including phenoxy) is 2. The SMILES string of the molecule is COc1ncccc1NC(=O)NCc1ccnc(N2CCOCC2)c1. The number of hydrogen-bond acceptors (Lipinski definition) is 6. The number of urea groups is 1. The summed E-state index contributed by atoms with van der Waals surface area (Å²) in [7, 11) is 1.51. The summed E-state index contributed by atoms with van der Waals surface area (Å²) in [5.41, 5.74) is 1.50. The van der Waals surface area contributed by atoms with Gasteiger partial charge in [0, 0.05) is 32.0 Å². The van der Waals surface area contributed by atoms with Crippen molar-refractivity contribution in [2.45, 2.75) is 6.54 Å². The largest absolute Gasteiger partial charge is 0.480 e. The van der Waals surface area contributed by atoms with E-state index in [1.54, 1.807) is 24.5 Å². The predicted octanol–water partition coefficient (Wildman–Crippen LogP) is 1.64. The van der Waals surface area contributed by atoms with Crippen LogP contribution in [0.1, 0.15) is 5.56 Å². The molecule has 0 radical (unpaired) electrons. The number of morpholine rings is 1. The second-order valence-electron chi connectivity index (χ2n) is 5.49. The van der Waals surface area contributed by atoms with Crippen LogP contribution in [0.4, 0.5) is 16.3 Å². The molecule has 3 rings (SSSR count). The molecule has 1 saturated heterocycles. The van der Waals surface area contributed by atoms with E-state index in [0.29, 0.717) is 31.3 Å². The van der Waals surface area contributed by atoms with E-state index in [-0.39, 0.29) is 6.03 Å². The van der Waals surface area contributed by atoms with Crippen molar-refractivity contribution < 1.29 is 14.3 Å². The molecule has 0 atom stereocenters. The van der Waals surface area contributed by atoms with Gasteiger partial charge in [0.25, 0.3) is 0 Å². The maximum atomic E-state index is 12.1. The van der Waals surface area contributed by atoms with Gasteiger partial charge in [0.2, 0.25) is 5.88 Å². The lowest BCUT2D eigenvalue weighted by atomic mass is 10.2. The van der Waals surface area contributed by atoms with Crippen LogP contribution in [0.5, 0.6) is 5.88 Å². The molecule has 0 bridgehead atoms. The van der Waals surface area contributed by atoms with Crippen LogP contribution in [-0.2, 0) is 11.3 Å². The van der Waals surface area contributed by atoms with Crippen LogP contribution in [0.3, 0.4) is 0 Å². The molecular weight excluding hydrogens is 322 g/mol. The molecule has 132 valence electrons. The lowest BCUT2D eigenvalue weighted by Gasteiger charge is -2.28. The van der Waals surface area contributed by atoms with E-state index in [1.807, 2.05) is 12.1 Å². The zero-order chi connectivity index (χ0) is 17.5. The van der Waals surface area contributed by atoms with Gasteiger partial charge in [-0.05, 0) is 29.8 Å². The number of amides is 2. The summed E-state index contributed by atoms with van der Waals surface area (Å²) in [5.74, 6) is 1.27. The molecule has 0 saturated carbocycles.